The van der Waals surface area contributed by atoms with E-state index in [-0.39, 0.29) is 12.3 Å². The molecule has 0 fully saturated rings. The van der Waals surface area contributed by atoms with E-state index in [0.29, 0.717) is 11.6 Å². The predicted octanol–water partition coefficient (Wildman–Crippen LogP) is 2.26. The minimum Gasteiger partial charge on any atom is -0.392 e. The van der Waals surface area contributed by atoms with Crippen LogP contribution in [0.5, 0.6) is 0 Å². The van der Waals surface area contributed by atoms with E-state index in [1.54, 1.807) is 0 Å². The molecule has 0 aromatic heterocycles. The predicted molar refractivity (Wildman–Crippen MR) is 69.5 cm³/mol. The third-order valence-electron chi connectivity index (χ3n) is 2.57. The summed E-state index contributed by atoms with van der Waals surface area (Å²) in [6, 6.07) is 8.06. The van der Waals surface area contributed by atoms with Crippen molar-refractivity contribution in [3.8, 4) is 0 Å². The Morgan fingerprint density at radius 3 is 2.30 bits per heavy atom. The SMILES string of the molecule is O=S(=O)(Nc1ccc(CO)cc1)c1cc(F)ccc1F. The first-order valence-electron chi connectivity index (χ1n) is 5.60. The molecular formula is C13H11F2NO3S. The van der Waals surface area contributed by atoms with E-state index in [1.165, 1.54) is 24.3 Å². The van der Waals surface area contributed by atoms with Gasteiger partial charge in [-0.25, -0.2) is 17.2 Å². The van der Waals surface area contributed by atoms with E-state index in [0.717, 1.165) is 12.1 Å². The highest BCUT2D eigenvalue weighted by Gasteiger charge is 2.20. The third-order valence-corrected chi connectivity index (χ3v) is 3.97. The lowest BCUT2D eigenvalue weighted by molar-refractivity contribution is 0.282. The van der Waals surface area contributed by atoms with Gasteiger partial charge < -0.3 is 5.11 Å². The van der Waals surface area contributed by atoms with Crippen molar-refractivity contribution in [2.24, 2.45) is 0 Å². The molecule has 0 aliphatic carbocycles. The van der Waals surface area contributed by atoms with E-state index in [2.05, 4.69) is 4.72 Å². The Balaban J connectivity index is 2.32. The van der Waals surface area contributed by atoms with Crippen LogP contribution in [-0.4, -0.2) is 13.5 Å². The fourth-order valence-corrected chi connectivity index (χ4v) is 2.72. The monoisotopic (exact) mass is 299 g/mol. The number of hydrogen-bond acceptors (Lipinski definition) is 3. The van der Waals surface area contributed by atoms with E-state index in [4.69, 9.17) is 5.11 Å². The van der Waals surface area contributed by atoms with Crippen molar-refractivity contribution in [3.63, 3.8) is 0 Å². The fraction of sp³-hybridized carbons (Fsp3) is 0.0769. The smallest absolute Gasteiger partial charge is 0.264 e. The Bertz CT molecular complexity index is 715. The van der Waals surface area contributed by atoms with Crippen molar-refractivity contribution >= 4 is 15.7 Å². The maximum absolute atomic E-state index is 13.5. The molecule has 0 heterocycles. The molecule has 0 saturated heterocycles. The van der Waals surface area contributed by atoms with Gasteiger partial charge in [-0.05, 0) is 35.9 Å². The maximum atomic E-state index is 13.5. The zero-order chi connectivity index (χ0) is 14.8. The largest absolute Gasteiger partial charge is 0.392 e. The number of nitrogens with one attached hydrogen (secondary N) is 1. The number of sulfonamides is 1. The first-order valence-corrected chi connectivity index (χ1v) is 7.08. The van der Waals surface area contributed by atoms with Crippen LogP contribution in [0, 0.1) is 11.6 Å². The molecule has 20 heavy (non-hydrogen) atoms. The molecule has 0 atom stereocenters. The number of rotatable bonds is 4. The minimum absolute atomic E-state index is 0.175. The summed E-state index contributed by atoms with van der Waals surface area (Å²) < 4.78 is 52.6. The highest BCUT2D eigenvalue weighted by Crippen LogP contribution is 2.20. The van der Waals surface area contributed by atoms with Gasteiger partial charge >= 0.3 is 0 Å². The zero-order valence-electron chi connectivity index (χ0n) is 10.2. The van der Waals surface area contributed by atoms with Gasteiger partial charge in [0.05, 0.1) is 6.61 Å². The van der Waals surface area contributed by atoms with Gasteiger partial charge in [0.25, 0.3) is 10.0 Å². The Kier molecular flexibility index (Phi) is 4.01. The summed E-state index contributed by atoms with van der Waals surface area (Å²) >= 11 is 0. The van der Waals surface area contributed by atoms with Crippen molar-refractivity contribution in [1.29, 1.82) is 0 Å². The van der Waals surface area contributed by atoms with Crippen LogP contribution >= 0.6 is 0 Å². The molecule has 0 spiro atoms. The highest BCUT2D eigenvalue weighted by atomic mass is 32.2. The summed E-state index contributed by atoms with van der Waals surface area (Å²) in [4.78, 5) is -0.760. The number of anilines is 1. The van der Waals surface area contributed by atoms with Crippen LogP contribution in [-0.2, 0) is 16.6 Å². The second kappa shape index (κ2) is 5.56. The molecule has 106 valence electrons. The second-order valence-electron chi connectivity index (χ2n) is 4.04. The number of aliphatic hydroxyl groups excluding tert-OH is 1. The van der Waals surface area contributed by atoms with E-state index in [9.17, 15) is 17.2 Å². The maximum Gasteiger partial charge on any atom is 0.264 e. The first kappa shape index (κ1) is 14.4. The first-order chi connectivity index (χ1) is 9.42. The Labute approximate surface area is 114 Å². The Morgan fingerprint density at radius 1 is 1.05 bits per heavy atom. The highest BCUT2D eigenvalue weighted by molar-refractivity contribution is 7.92. The third kappa shape index (κ3) is 3.12. The van der Waals surface area contributed by atoms with Crippen molar-refractivity contribution in [3.05, 3.63) is 59.7 Å². The molecule has 0 aliphatic heterocycles. The fourth-order valence-electron chi connectivity index (χ4n) is 1.57. The van der Waals surface area contributed by atoms with Gasteiger partial charge in [-0.2, -0.15) is 0 Å². The number of aliphatic hydroxyl groups is 1. The van der Waals surface area contributed by atoms with Gasteiger partial charge in [0.1, 0.15) is 16.5 Å². The average molecular weight is 299 g/mol. The van der Waals surface area contributed by atoms with Crippen LogP contribution < -0.4 is 4.72 Å². The lowest BCUT2D eigenvalue weighted by Gasteiger charge is -2.09. The molecule has 0 aliphatic rings. The van der Waals surface area contributed by atoms with Gasteiger partial charge in [0.2, 0.25) is 0 Å². The van der Waals surface area contributed by atoms with Gasteiger partial charge in [0, 0.05) is 5.69 Å². The van der Waals surface area contributed by atoms with Gasteiger partial charge in [-0.15, -0.1) is 0 Å². The van der Waals surface area contributed by atoms with Crippen LogP contribution in [0.3, 0.4) is 0 Å². The number of benzene rings is 2. The molecule has 0 saturated carbocycles. The summed E-state index contributed by atoms with van der Waals surface area (Å²) in [6.07, 6.45) is 0. The average Bonchev–Trinajstić information content (AvgIpc) is 2.42. The van der Waals surface area contributed by atoms with Crippen LogP contribution in [0.15, 0.2) is 47.4 Å². The van der Waals surface area contributed by atoms with Crippen molar-refractivity contribution < 1.29 is 22.3 Å². The number of halogens is 2. The molecule has 4 nitrogen and oxygen atoms in total. The molecule has 2 aromatic carbocycles. The molecular weight excluding hydrogens is 288 g/mol. The van der Waals surface area contributed by atoms with Gasteiger partial charge in [-0.3, -0.25) is 4.72 Å². The molecule has 0 radical (unpaired) electrons. The molecule has 0 bridgehead atoms. The summed E-state index contributed by atoms with van der Waals surface area (Å²) in [5.74, 6) is -1.88. The van der Waals surface area contributed by atoms with E-state index < -0.39 is 26.6 Å². The normalized spacial score (nSPS) is 11.3. The van der Waals surface area contributed by atoms with Crippen LogP contribution in [0.25, 0.3) is 0 Å². The standard InChI is InChI=1S/C13H11F2NO3S/c14-10-3-6-12(15)13(7-10)20(18,19)16-11-4-1-9(8-17)2-5-11/h1-7,16-17H,8H2. The van der Waals surface area contributed by atoms with Crippen LogP contribution in [0.4, 0.5) is 14.5 Å². The summed E-state index contributed by atoms with van der Waals surface area (Å²) in [6.45, 7) is -0.175. The van der Waals surface area contributed by atoms with E-state index in [1.807, 2.05) is 0 Å². The Hall–Kier alpha value is -1.99. The summed E-state index contributed by atoms with van der Waals surface area (Å²) in [5, 5.41) is 8.88. The number of hydrogen-bond donors (Lipinski definition) is 2. The summed E-state index contributed by atoms with van der Waals surface area (Å²) in [7, 11) is -4.21. The van der Waals surface area contributed by atoms with Crippen LogP contribution in [0.1, 0.15) is 5.56 Å². The Morgan fingerprint density at radius 2 is 1.70 bits per heavy atom. The molecule has 7 heteroatoms. The van der Waals surface area contributed by atoms with E-state index >= 15 is 0 Å². The van der Waals surface area contributed by atoms with Crippen molar-refractivity contribution in [1.82, 2.24) is 0 Å². The second-order valence-corrected chi connectivity index (χ2v) is 5.69. The van der Waals surface area contributed by atoms with Crippen LogP contribution in [0.2, 0.25) is 0 Å². The minimum atomic E-state index is -4.21. The molecule has 0 unspecified atom stereocenters. The lowest BCUT2D eigenvalue weighted by atomic mass is 10.2. The molecule has 2 rings (SSSR count). The summed E-state index contributed by atoms with van der Waals surface area (Å²) in [5.41, 5.74) is 0.788. The van der Waals surface area contributed by atoms with Crippen molar-refractivity contribution in [2.45, 2.75) is 11.5 Å². The quantitative estimate of drug-likeness (QED) is 0.910. The van der Waals surface area contributed by atoms with Crippen molar-refractivity contribution in [2.75, 3.05) is 4.72 Å². The van der Waals surface area contributed by atoms with Gasteiger partial charge in [-0.1, -0.05) is 12.1 Å². The molecule has 0 amide bonds. The zero-order valence-corrected chi connectivity index (χ0v) is 11.0. The van der Waals surface area contributed by atoms with Gasteiger partial charge in [0.15, 0.2) is 0 Å². The topological polar surface area (TPSA) is 66.4 Å². The lowest BCUT2D eigenvalue weighted by Crippen LogP contribution is -2.14. The molecule has 2 aromatic rings. The molecule has 2 N–H and O–H groups in total.